The van der Waals surface area contributed by atoms with E-state index in [4.69, 9.17) is 4.74 Å². The number of rotatable bonds is 3. The van der Waals surface area contributed by atoms with Gasteiger partial charge in [-0.2, -0.15) is 0 Å². The van der Waals surface area contributed by atoms with Gasteiger partial charge < -0.3 is 14.5 Å². The minimum Gasteiger partial charge on any atom is -0.451 e. The first-order valence-electron chi connectivity index (χ1n) is 9.13. The maximum Gasteiger partial charge on any atom is 0.359 e. The fraction of sp³-hybridized carbons (Fsp3) is 0.238. The van der Waals surface area contributed by atoms with Crippen molar-refractivity contribution in [1.29, 1.82) is 0 Å². The summed E-state index contributed by atoms with van der Waals surface area (Å²) in [5, 5.41) is 2.79. The van der Waals surface area contributed by atoms with Gasteiger partial charge in [0.25, 0.3) is 5.91 Å². The van der Waals surface area contributed by atoms with Crippen molar-refractivity contribution < 1.29 is 19.1 Å². The summed E-state index contributed by atoms with van der Waals surface area (Å²) in [5.41, 5.74) is 1.71. The number of benzene rings is 1. The fourth-order valence-electron chi connectivity index (χ4n) is 3.35. The van der Waals surface area contributed by atoms with E-state index in [1.54, 1.807) is 54.9 Å². The Morgan fingerprint density at radius 1 is 1.21 bits per heavy atom. The SMILES string of the molecule is Cc1ccn2cc(C(=O)OCC(=O)N3c4ccccc4NC(=O)C3(C)C)nc2c1. The Hall–Kier alpha value is -3.68. The van der Waals surface area contributed by atoms with E-state index in [1.807, 2.05) is 19.1 Å². The highest BCUT2D eigenvalue weighted by Crippen LogP contribution is 2.36. The molecule has 1 N–H and O–H groups in total. The second kappa shape index (κ2) is 6.73. The van der Waals surface area contributed by atoms with Crippen LogP contribution in [0.25, 0.3) is 5.65 Å². The third-order valence-corrected chi connectivity index (χ3v) is 4.91. The van der Waals surface area contributed by atoms with Gasteiger partial charge in [-0.25, -0.2) is 9.78 Å². The molecule has 3 heterocycles. The topological polar surface area (TPSA) is 93.0 Å². The minimum atomic E-state index is -1.13. The van der Waals surface area contributed by atoms with Gasteiger partial charge in [0.05, 0.1) is 11.4 Å². The molecule has 0 spiro atoms. The van der Waals surface area contributed by atoms with Crippen LogP contribution in [-0.2, 0) is 14.3 Å². The zero-order chi connectivity index (χ0) is 20.8. The molecule has 0 fully saturated rings. The van der Waals surface area contributed by atoms with Crippen molar-refractivity contribution in [1.82, 2.24) is 9.38 Å². The van der Waals surface area contributed by atoms with Crippen LogP contribution >= 0.6 is 0 Å². The van der Waals surface area contributed by atoms with Crippen molar-refractivity contribution in [2.24, 2.45) is 0 Å². The van der Waals surface area contributed by atoms with Crippen molar-refractivity contribution in [2.75, 3.05) is 16.8 Å². The quantitative estimate of drug-likeness (QED) is 0.692. The van der Waals surface area contributed by atoms with E-state index in [1.165, 1.54) is 4.90 Å². The molecule has 0 saturated heterocycles. The third kappa shape index (κ3) is 3.22. The summed E-state index contributed by atoms with van der Waals surface area (Å²) >= 11 is 0. The van der Waals surface area contributed by atoms with Crippen LogP contribution in [0.15, 0.2) is 48.8 Å². The first-order chi connectivity index (χ1) is 13.8. The van der Waals surface area contributed by atoms with Gasteiger partial charge in [-0.15, -0.1) is 0 Å². The van der Waals surface area contributed by atoms with Crippen molar-refractivity contribution in [3.8, 4) is 0 Å². The molecule has 0 atom stereocenters. The Morgan fingerprint density at radius 3 is 2.76 bits per heavy atom. The van der Waals surface area contributed by atoms with Gasteiger partial charge in [-0.05, 0) is 50.6 Å². The van der Waals surface area contributed by atoms with Crippen molar-refractivity contribution in [3.05, 3.63) is 60.0 Å². The molecule has 1 aliphatic heterocycles. The van der Waals surface area contributed by atoms with Crippen LogP contribution in [0, 0.1) is 6.92 Å². The van der Waals surface area contributed by atoms with Crippen LogP contribution < -0.4 is 10.2 Å². The van der Waals surface area contributed by atoms with Gasteiger partial charge in [-0.1, -0.05) is 12.1 Å². The lowest BCUT2D eigenvalue weighted by atomic mass is 9.96. The van der Waals surface area contributed by atoms with Crippen LogP contribution in [0.2, 0.25) is 0 Å². The molecule has 0 radical (unpaired) electrons. The zero-order valence-electron chi connectivity index (χ0n) is 16.3. The number of anilines is 2. The predicted molar refractivity (Wildman–Crippen MR) is 107 cm³/mol. The smallest absolute Gasteiger partial charge is 0.359 e. The van der Waals surface area contributed by atoms with E-state index >= 15 is 0 Å². The first kappa shape index (κ1) is 18.7. The van der Waals surface area contributed by atoms with Crippen molar-refractivity contribution in [3.63, 3.8) is 0 Å². The molecule has 0 unspecified atom stereocenters. The van der Waals surface area contributed by atoms with Gasteiger partial charge in [-0.3, -0.25) is 14.5 Å². The average Bonchev–Trinajstić information content (AvgIpc) is 3.10. The normalized spacial score (nSPS) is 15.0. The van der Waals surface area contributed by atoms with Gasteiger partial charge in [0.15, 0.2) is 12.3 Å². The van der Waals surface area contributed by atoms with E-state index in [9.17, 15) is 14.4 Å². The molecular weight excluding hydrogens is 372 g/mol. The molecule has 0 bridgehead atoms. The lowest BCUT2D eigenvalue weighted by Crippen LogP contribution is -2.59. The molecular formula is C21H20N4O4. The standard InChI is InChI=1S/C21H20N4O4/c1-13-8-9-24-11-15(22-17(24)10-13)19(27)29-12-18(26)25-16-7-5-4-6-14(16)23-20(28)21(25,2)3/h4-11H,12H2,1-3H3,(H,23,28). The van der Waals surface area contributed by atoms with Gasteiger partial charge in [0.2, 0.25) is 5.91 Å². The highest BCUT2D eigenvalue weighted by Gasteiger charge is 2.43. The van der Waals surface area contributed by atoms with Crippen LogP contribution in [0.3, 0.4) is 0 Å². The van der Waals surface area contributed by atoms with E-state index in [2.05, 4.69) is 10.3 Å². The molecule has 1 aromatic carbocycles. The van der Waals surface area contributed by atoms with E-state index in [-0.39, 0.29) is 11.6 Å². The molecule has 8 heteroatoms. The number of ether oxygens (including phenoxy) is 1. The van der Waals surface area contributed by atoms with Gasteiger partial charge in [0, 0.05) is 12.4 Å². The molecule has 0 saturated carbocycles. The summed E-state index contributed by atoms with van der Waals surface area (Å²) in [4.78, 5) is 43.4. The molecule has 148 valence electrons. The summed E-state index contributed by atoms with van der Waals surface area (Å²) in [7, 11) is 0. The van der Waals surface area contributed by atoms with Crippen molar-refractivity contribution in [2.45, 2.75) is 26.3 Å². The first-order valence-corrected chi connectivity index (χ1v) is 9.13. The zero-order valence-corrected chi connectivity index (χ0v) is 16.3. The summed E-state index contributed by atoms with van der Waals surface area (Å²) in [5.74, 6) is -1.51. The number of carbonyl (C=O) groups excluding carboxylic acids is 3. The third-order valence-electron chi connectivity index (χ3n) is 4.91. The molecule has 0 aliphatic carbocycles. The molecule has 2 aromatic heterocycles. The second-order valence-electron chi connectivity index (χ2n) is 7.43. The number of para-hydroxylation sites is 2. The second-order valence-corrected chi connectivity index (χ2v) is 7.43. The maximum absolute atomic E-state index is 12.9. The largest absolute Gasteiger partial charge is 0.451 e. The molecule has 3 aromatic rings. The summed E-state index contributed by atoms with van der Waals surface area (Å²) in [6, 6.07) is 10.7. The Morgan fingerprint density at radius 2 is 1.97 bits per heavy atom. The molecule has 1 aliphatic rings. The highest BCUT2D eigenvalue weighted by molar-refractivity contribution is 6.14. The number of esters is 1. The maximum atomic E-state index is 12.9. The number of fused-ring (bicyclic) bond motifs is 2. The molecule has 4 rings (SSSR count). The monoisotopic (exact) mass is 392 g/mol. The lowest BCUT2D eigenvalue weighted by Gasteiger charge is -2.41. The summed E-state index contributed by atoms with van der Waals surface area (Å²) in [6.45, 7) is 4.71. The highest BCUT2D eigenvalue weighted by atomic mass is 16.5. The van der Waals surface area contributed by atoms with Crippen molar-refractivity contribution >= 4 is 34.8 Å². The number of amides is 2. The van der Waals surface area contributed by atoms with Crippen LogP contribution in [-0.4, -0.2) is 39.3 Å². The van der Waals surface area contributed by atoms with E-state index in [0.717, 1.165) is 5.56 Å². The summed E-state index contributed by atoms with van der Waals surface area (Å²) < 4.78 is 6.92. The lowest BCUT2D eigenvalue weighted by molar-refractivity contribution is -0.128. The Labute approximate surface area is 167 Å². The average molecular weight is 392 g/mol. The molecule has 29 heavy (non-hydrogen) atoms. The molecule has 2 amide bonds. The number of aryl methyl sites for hydroxylation is 1. The number of carbonyl (C=O) groups is 3. The number of hydrogen-bond donors (Lipinski definition) is 1. The Kier molecular flexibility index (Phi) is 4.34. The number of aromatic nitrogens is 2. The minimum absolute atomic E-state index is 0.111. The summed E-state index contributed by atoms with van der Waals surface area (Å²) in [6.07, 6.45) is 3.35. The number of hydrogen-bond acceptors (Lipinski definition) is 5. The van der Waals surface area contributed by atoms with Crippen LogP contribution in [0.5, 0.6) is 0 Å². The Balaban J connectivity index is 1.54. The number of imidazole rings is 1. The van der Waals surface area contributed by atoms with Crippen LogP contribution in [0.4, 0.5) is 11.4 Å². The number of pyridine rings is 1. The van der Waals surface area contributed by atoms with Gasteiger partial charge in [0.1, 0.15) is 11.2 Å². The number of nitrogens with zero attached hydrogens (tertiary/aromatic N) is 3. The predicted octanol–water partition coefficient (Wildman–Crippen LogP) is 2.56. The van der Waals surface area contributed by atoms with E-state index < -0.39 is 24.0 Å². The Bertz CT molecular complexity index is 1150. The molecule has 8 nitrogen and oxygen atoms in total. The fourth-order valence-corrected chi connectivity index (χ4v) is 3.35. The van der Waals surface area contributed by atoms with E-state index in [0.29, 0.717) is 17.0 Å². The number of nitrogens with one attached hydrogen (secondary N) is 1. The van der Waals surface area contributed by atoms with Crippen LogP contribution in [0.1, 0.15) is 29.9 Å². The van der Waals surface area contributed by atoms with Gasteiger partial charge >= 0.3 is 5.97 Å².